The first-order valence-corrected chi connectivity index (χ1v) is 9.32. The number of quaternary nitrogens is 1. The van der Waals surface area contributed by atoms with Crippen molar-refractivity contribution in [3.8, 4) is 5.75 Å². The summed E-state index contributed by atoms with van der Waals surface area (Å²) >= 11 is 1.75. The Kier molecular flexibility index (Phi) is 6.14. The molecular weight excluding hydrogens is 338 g/mol. The molecule has 1 atom stereocenters. The number of nitrogens with zero attached hydrogens (tertiary/aromatic N) is 2. The lowest BCUT2D eigenvalue weighted by molar-refractivity contribution is -0.937. The molecule has 1 aliphatic heterocycles. The molecular formula is C18H24N3O3S+. The Hall–Kier alpha value is -1.80. The molecule has 2 aromatic rings. The van der Waals surface area contributed by atoms with Crippen LogP contribution in [0.2, 0.25) is 0 Å². The Morgan fingerprint density at radius 2 is 2.24 bits per heavy atom. The predicted octanol–water partition coefficient (Wildman–Crippen LogP) is 0.725. The number of thiophene rings is 1. The molecule has 1 saturated heterocycles. The fourth-order valence-corrected chi connectivity index (χ4v) is 3.94. The van der Waals surface area contributed by atoms with Gasteiger partial charge in [0.25, 0.3) is 0 Å². The highest BCUT2D eigenvalue weighted by molar-refractivity contribution is 7.10. The summed E-state index contributed by atoms with van der Waals surface area (Å²) in [5.74, 6) is 0.0849. The van der Waals surface area contributed by atoms with Gasteiger partial charge in [0.15, 0.2) is 0 Å². The van der Waals surface area contributed by atoms with E-state index in [0.29, 0.717) is 23.4 Å². The zero-order valence-corrected chi connectivity index (χ0v) is 15.1. The molecule has 25 heavy (non-hydrogen) atoms. The summed E-state index contributed by atoms with van der Waals surface area (Å²) in [6.45, 7) is 5.69. The number of morpholine rings is 1. The predicted molar refractivity (Wildman–Crippen MR) is 97.6 cm³/mol. The van der Waals surface area contributed by atoms with Crippen molar-refractivity contribution in [2.45, 2.75) is 19.6 Å². The second-order valence-corrected chi connectivity index (χ2v) is 7.10. The monoisotopic (exact) mass is 362 g/mol. The number of hydrogen-bond acceptors (Lipinski definition) is 6. The van der Waals surface area contributed by atoms with Gasteiger partial charge >= 0.3 is 0 Å². The molecule has 3 heterocycles. The minimum Gasteiger partial charge on any atom is -0.505 e. The maximum absolute atomic E-state index is 10.2. The molecule has 0 spiro atoms. The van der Waals surface area contributed by atoms with E-state index in [-0.39, 0.29) is 18.4 Å². The summed E-state index contributed by atoms with van der Waals surface area (Å²) in [7, 11) is 0. The third kappa shape index (κ3) is 4.24. The van der Waals surface area contributed by atoms with Crippen LogP contribution in [0.15, 0.2) is 28.7 Å². The number of aryl methyl sites for hydroxylation is 1. The molecule has 2 aromatic heterocycles. The highest BCUT2D eigenvalue weighted by atomic mass is 32.1. The average Bonchev–Trinajstić information content (AvgIpc) is 3.17. The fraction of sp³-hybridized carbons (Fsp3) is 0.444. The molecule has 3 N–H and O–H groups in total. The first-order chi connectivity index (χ1) is 12.2. The zero-order valence-electron chi connectivity index (χ0n) is 14.3. The van der Waals surface area contributed by atoms with Gasteiger partial charge in [-0.1, -0.05) is 6.07 Å². The van der Waals surface area contributed by atoms with Crippen LogP contribution in [0, 0.1) is 6.92 Å². The number of aromatic nitrogens is 1. The number of nitrogens with one attached hydrogen (secondary N) is 1. The van der Waals surface area contributed by atoms with Crippen LogP contribution in [0.5, 0.6) is 5.75 Å². The number of hydrogen-bond donors (Lipinski definition) is 3. The molecule has 0 aliphatic carbocycles. The number of aromatic hydroxyl groups is 1. The Bertz CT molecular complexity index is 713. The van der Waals surface area contributed by atoms with Crippen LogP contribution in [-0.4, -0.2) is 54.3 Å². The van der Waals surface area contributed by atoms with E-state index in [9.17, 15) is 10.2 Å². The van der Waals surface area contributed by atoms with E-state index in [1.165, 1.54) is 9.78 Å². The van der Waals surface area contributed by atoms with Gasteiger partial charge in [-0.05, 0) is 18.4 Å². The van der Waals surface area contributed by atoms with Crippen molar-refractivity contribution in [3.05, 3.63) is 45.4 Å². The standard InChI is InChI=1S/C18H23N3O3S/c1-13-18(23)15(14(12-22)9-20-13)10-19-11-16(17-3-2-8-25-17)21-4-6-24-7-5-21/h2-3,8-10,16,22-23H,4-7,11-12H2,1H3/p+1/t16-/m0/s1. The summed E-state index contributed by atoms with van der Waals surface area (Å²) in [5, 5.41) is 21.8. The molecule has 0 amide bonds. The smallest absolute Gasteiger partial charge is 0.145 e. The fourth-order valence-electron chi connectivity index (χ4n) is 3.06. The second kappa shape index (κ2) is 8.53. The maximum atomic E-state index is 10.2. The quantitative estimate of drug-likeness (QED) is 0.662. The Labute approximate surface area is 151 Å². The van der Waals surface area contributed by atoms with Crippen LogP contribution in [-0.2, 0) is 11.3 Å². The molecule has 0 saturated carbocycles. The summed E-state index contributed by atoms with van der Waals surface area (Å²) in [6, 6.07) is 4.50. The summed E-state index contributed by atoms with van der Waals surface area (Å²) < 4.78 is 5.48. The molecule has 0 aromatic carbocycles. The highest BCUT2D eigenvalue weighted by Crippen LogP contribution is 2.22. The average molecular weight is 362 g/mol. The molecule has 1 aliphatic rings. The van der Waals surface area contributed by atoms with E-state index in [1.54, 1.807) is 30.7 Å². The van der Waals surface area contributed by atoms with Crippen LogP contribution < -0.4 is 4.90 Å². The van der Waals surface area contributed by atoms with Crippen LogP contribution >= 0.6 is 11.3 Å². The van der Waals surface area contributed by atoms with Crippen molar-refractivity contribution in [3.63, 3.8) is 0 Å². The molecule has 3 rings (SSSR count). The van der Waals surface area contributed by atoms with Crippen molar-refractivity contribution >= 4 is 17.6 Å². The van der Waals surface area contributed by atoms with Gasteiger partial charge in [-0.15, -0.1) is 11.3 Å². The van der Waals surface area contributed by atoms with Crippen molar-refractivity contribution in [1.82, 2.24) is 4.98 Å². The molecule has 0 unspecified atom stereocenters. The lowest BCUT2D eigenvalue weighted by atomic mass is 10.1. The van der Waals surface area contributed by atoms with E-state index in [0.717, 1.165) is 26.3 Å². The summed E-state index contributed by atoms with van der Waals surface area (Å²) in [4.78, 5) is 11.5. The molecule has 7 heteroatoms. The van der Waals surface area contributed by atoms with E-state index in [4.69, 9.17) is 4.74 Å². The first-order valence-electron chi connectivity index (χ1n) is 8.44. The van der Waals surface area contributed by atoms with Gasteiger partial charge in [0.1, 0.15) is 24.9 Å². The van der Waals surface area contributed by atoms with Crippen LogP contribution in [0.1, 0.15) is 27.7 Å². The van der Waals surface area contributed by atoms with E-state index < -0.39 is 0 Å². The number of aliphatic hydroxyl groups excluding tert-OH is 1. The second-order valence-electron chi connectivity index (χ2n) is 6.12. The van der Waals surface area contributed by atoms with Gasteiger partial charge in [0, 0.05) is 23.5 Å². The number of pyridine rings is 1. The Morgan fingerprint density at radius 3 is 2.92 bits per heavy atom. The van der Waals surface area contributed by atoms with Gasteiger partial charge in [-0.3, -0.25) is 9.98 Å². The van der Waals surface area contributed by atoms with Gasteiger partial charge in [-0.2, -0.15) is 0 Å². The lowest BCUT2D eigenvalue weighted by Gasteiger charge is -2.30. The summed E-state index contributed by atoms with van der Waals surface area (Å²) in [5.41, 5.74) is 1.67. The van der Waals surface area contributed by atoms with Gasteiger partial charge in [-0.25, -0.2) is 0 Å². The Morgan fingerprint density at radius 1 is 1.44 bits per heavy atom. The zero-order chi connectivity index (χ0) is 17.6. The van der Waals surface area contributed by atoms with Gasteiger partial charge in [0.2, 0.25) is 0 Å². The van der Waals surface area contributed by atoms with E-state index >= 15 is 0 Å². The van der Waals surface area contributed by atoms with Crippen molar-refractivity contribution in [2.75, 3.05) is 32.8 Å². The Balaban J connectivity index is 1.79. The largest absolute Gasteiger partial charge is 0.505 e. The van der Waals surface area contributed by atoms with E-state index in [2.05, 4.69) is 27.5 Å². The molecule has 0 radical (unpaired) electrons. The molecule has 134 valence electrons. The van der Waals surface area contributed by atoms with Crippen LogP contribution in [0.4, 0.5) is 0 Å². The van der Waals surface area contributed by atoms with Crippen molar-refractivity contribution in [2.24, 2.45) is 4.99 Å². The van der Waals surface area contributed by atoms with E-state index in [1.807, 2.05) is 0 Å². The van der Waals surface area contributed by atoms with Crippen molar-refractivity contribution < 1.29 is 19.8 Å². The first kappa shape index (κ1) is 18.0. The van der Waals surface area contributed by atoms with Gasteiger partial charge in [0.05, 0.1) is 36.9 Å². The lowest BCUT2D eigenvalue weighted by Crippen LogP contribution is -3.14. The van der Waals surface area contributed by atoms with Crippen LogP contribution in [0.25, 0.3) is 0 Å². The third-order valence-corrected chi connectivity index (χ3v) is 5.54. The minimum absolute atomic E-state index is 0.0849. The highest BCUT2D eigenvalue weighted by Gasteiger charge is 2.26. The van der Waals surface area contributed by atoms with Gasteiger partial charge < -0.3 is 19.8 Å². The number of aliphatic imine (C=N–C) groups is 1. The molecule has 0 bridgehead atoms. The van der Waals surface area contributed by atoms with Crippen molar-refractivity contribution in [1.29, 1.82) is 0 Å². The number of rotatable bonds is 6. The number of aliphatic hydroxyl groups is 1. The number of ether oxygens (including phenoxy) is 1. The normalized spacial score (nSPS) is 17.2. The molecule has 1 fully saturated rings. The summed E-state index contributed by atoms with van der Waals surface area (Å²) in [6.07, 6.45) is 3.25. The SMILES string of the molecule is Cc1ncc(CO)c(C=NC[C@@H](c2cccs2)[NH+]2CCOCC2)c1O. The third-order valence-electron chi connectivity index (χ3n) is 4.55. The topological polar surface area (TPSA) is 79.4 Å². The maximum Gasteiger partial charge on any atom is 0.145 e. The molecule has 6 nitrogen and oxygen atoms in total. The van der Waals surface area contributed by atoms with Crippen LogP contribution in [0.3, 0.4) is 0 Å². The minimum atomic E-state index is -0.175.